The van der Waals surface area contributed by atoms with Crippen LogP contribution in [0.2, 0.25) is 0 Å². The second-order valence-electron chi connectivity index (χ2n) is 5.00. The summed E-state index contributed by atoms with van der Waals surface area (Å²) >= 11 is 0. The number of phenols is 1. The van der Waals surface area contributed by atoms with E-state index >= 15 is 0 Å². The van der Waals surface area contributed by atoms with E-state index in [0.29, 0.717) is 31.7 Å². The van der Waals surface area contributed by atoms with Crippen LogP contribution in [0.5, 0.6) is 5.75 Å². The Morgan fingerprint density at radius 3 is 2.33 bits per heavy atom. The smallest absolute Gasteiger partial charge is 0.254 e. The number of rotatable bonds is 2. The van der Waals surface area contributed by atoms with Gasteiger partial charge in [-0.15, -0.1) is 0 Å². The molecule has 1 aromatic carbocycles. The number of carbonyl (C=O) groups excluding carboxylic acids is 1. The van der Waals surface area contributed by atoms with Crippen LogP contribution in [0.25, 0.3) is 0 Å². The zero-order valence-corrected chi connectivity index (χ0v) is 11.6. The molecule has 1 saturated heterocycles. The van der Waals surface area contributed by atoms with Gasteiger partial charge in [-0.1, -0.05) is 12.1 Å². The summed E-state index contributed by atoms with van der Waals surface area (Å²) in [6.07, 6.45) is 3.26. The number of anilines is 1. The number of hydrogen-bond acceptors (Lipinski definition) is 4. The van der Waals surface area contributed by atoms with E-state index in [4.69, 9.17) is 0 Å². The molecule has 0 unspecified atom stereocenters. The minimum Gasteiger partial charge on any atom is -0.506 e. The maximum Gasteiger partial charge on any atom is 0.254 e. The minimum atomic E-state index is 0.0364. The molecule has 1 N–H and O–H groups in total. The second-order valence-corrected chi connectivity index (χ2v) is 5.00. The highest BCUT2D eigenvalue weighted by Crippen LogP contribution is 2.27. The summed E-state index contributed by atoms with van der Waals surface area (Å²) in [5.74, 6) is 0.320. The maximum absolute atomic E-state index is 12.3. The summed E-state index contributed by atoms with van der Waals surface area (Å²) in [6, 6.07) is 10.8. The quantitative estimate of drug-likeness (QED) is 0.912. The lowest BCUT2D eigenvalue weighted by molar-refractivity contribution is 0.0746. The minimum absolute atomic E-state index is 0.0364. The Bertz CT molecular complexity index is 622. The highest BCUT2D eigenvalue weighted by Gasteiger charge is 2.23. The van der Waals surface area contributed by atoms with Gasteiger partial charge in [-0.25, -0.2) is 0 Å². The predicted octanol–water partition coefficient (Wildman–Crippen LogP) is 1.75. The van der Waals surface area contributed by atoms with Gasteiger partial charge in [0, 0.05) is 44.1 Å². The van der Waals surface area contributed by atoms with Crippen molar-refractivity contribution in [2.45, 2.75) is 0 Å². The molecular formula is C16H17N3O2. The fraction of sp³-hybridized carbons (Fsp3) is 0.250. The number of phenolic OH excluding ortho intramolecular Hbond substituents is 1. The zero-order chi connectivity index (χ0) is 14.7. The van der Waals surface area contributed by atoms with Crippen LogP contribution in [-0.2, 0) is 0 Å². The number of amides is 1. The number of aromatic nitrogens is 1. The average Bonchev–Trinajstić information content (AvgIpc) is 2.56. The number of nitrogens with zero attached hydrogens (tertiary/aromatic N) is 3. The molecule has 0 bridgehead atoms. The van der Waals surface area contributed by atoms with Gasteiger partial charge in [-0.05, 0) is 24.3 Å². The van der Waals surface area contributed by atoms with Gasteiger partial charge in [0.05, 0.1) is 5.69 Å². The standard InChI is InChI=1S/C16H17N3O2/c20-15-4-2-1-3-14(15)18-9-11-19(12-10-18)16(21)13-5-7-17-8-6-13/h1-8,20H,9-12H2. The Kier molecular flexibility index (Phi) is 3.73. The van der Waals surface area contributed by atoms with E-state index in [1.54, 1.807) is 30.6 Å². The summed E-state index contributed by atoms with van der Waals surface area (Å²) in [4.78, 5) is 20.2. The third-order valence-electron chi connectivity index (χ3n) is 3.72. The molecule has 0 aliphatic carbocycles. The monoisotopic (exact) mass is 283 g/mol. The van der Waals surface area contributed by atoms with Crippen molar-refractivity contribution in [1.29, 1.82) is 0 Å². The van der Waals surface area contributed by atoms with Gasteiger partial charge in [-0.3, -0.25) is 9.78 Å². The van der Waals surface area contributed by atoms with E-state index in [9.17, 15) is 9.90 Å². The molecule has 21 heavy (non-hydrogen) atoms. The first-order valence-electron chi connectivity index (χ1n) is 6.98. The van der Waals surface area contributed by atoms with Crippen molar-refractivity contribution >= 4 is 11.6 Å². The van der Waals surface area contributed by atoms with Crippen molar-refractivity contribution in [3.05, 3.63) is 54.4 Å². The van der Waals surface area contributed by atoms with Gasteiger partial charge in [0.25, 0.3) is 5.91 Å². The van der Waals surface area contributed by atoms with Crippen molar-refractivity contribution in [2.24, 2.45) is 0 Å². The molecule has 1 fully saturated rings. The molecule has 1 aliphatic heterocycles. The van der Waals surface area contributed by atoms with E-state index < -0.39 is 0 Å². The Balaban J connectivity index is 1.66. The highest BCUT2D eigenvalue weighted by molar-refractivity contribution is 5.94. The van der Waals surface area contributed by atoms with Gasteiger partial charge < -0.3 is 14.9 Å². The molecule has 2 heterocycles. The largest absolute Gasteiger partial charge is 0.506 e. The molecule has 2 aromatic rings. The van der Waals surface area contributed by atoms with Crippen molar-refractivity contribution in [3.8, 4) is 5.75 Å². The van der Waals surface area contributed by atoms with E-state index in [1.165, 1.54) is 0 Å². The number of carbonyl (C=O) groups is 1. The van der Waals surface area contributed by atoms with Crippen LogP contribution in [0.3, 0.4) is 0 Å². The predicted molar refractivity (Wildman–Crippen MR) is 80.5 cm³/mol. The lowest BCUT2D eigenvalue weighted by Crippen LogP contribution is -2.48. The molecule has 5 heteroatoms. The van der Waals surface area contributed by atoms with Gasteiger partial charge in [0.1, 0.15) is 5.75 Å². The molecule has 108 valence electrons. The topological polar surface area (TPSA) is 56.7 Å². The summed E-state index contributed by atoms with van der Waals surface area (Å²) in [7, 11) is 0. The van der Waals surface area contributed by atoms with Crippen LogP contribution < -0.4 is 4.90 Å². The average molecular weight is 283 g/mol. The molecule has 1 amide bonds. The Morgan fingerprint density at radius 2 is 1.67 bits per heavy atom. The second kappa shape index (κ2) is 5.83. The van der Waals surface area contributed by atoms with Gasteiger partial charge in [0.15, 0.2) is 0 Å². The van der Waals surface area contributed by atoms with E-state index in [2.05, 4.69) is 9.88 Å². The van der Waals surface area contributed by atoms with Gasteiger partial charge >= 0.3 is 0 Å². The lowest BCUT2D eigenvalue weighted by atomic mass is 10.2. The van der Waals surface area contributed by atoms with Crippen molar-refractivity contribution in [1.82, 2.24) is 9.88 Å². The van der Waals surface area contributed by atoms with E-state index in [0.717, 1.165) is 5.69 Å². The van der Waals surface area contributed by atoms with Crippen molar-refractivity contribution < 1.29 is 9.90 Å². The fourth-order valence-electron chi connectivity index (χ4n) is 2.56. The molecular weight excluding hydrogens is 266 g/mol. The summed E-state index contributed by atoms with van der Waals surface area (Å²) in [5.41, 5.74) is 1.49. The first kappa shape index (κ1) is 13.4. The van der Waals surface area contributed by atoms with Crippen LogP contribution in [0.15, 0.2) is 48.8 Å². The van der Waals surface area contributed by atoms with Gasteiger partial charge in [-0.2, -0.15) is 0 Å². The summed E-state index contributed by atoms with van der Waals surface area (Å²) < 4.78 is 0. The van der Waals surface area contributed by atoms with Crippen LogP contribution in [0.4, 0.5) is 5.69 Å². The van der Waals surface area contributed by atoms with Crippen LogP contribution in [-0.4, -0.2) is 47.1 Å². The fourth-order valence-corrected chi connectivity index (χ4v) is 2.56. The number of piperazine rings is 1. The van der Waals surface area contributed by atoms with E-state index in [-0.39, 0.29) is 11.7 Å². The first-order valence-corrected chi connectivity index (χ1v) is 6.98. The SMILES string of the molecule is O=C(c1ccncc1)N1CCN(c2ccccc2O)CC1. The molecule has 0 spiro atoms. The molecule has 0 radical (unpaired) electrons. The van der Waals surface area contributed by atoms with E-state index in [1.807, 2.05) is 23.1 Å². The molecule has 5 nitrogen and oxygen atoms in total. The Morgan fingerprint density at radius 1 is 1.00 bits per heavy atom. The number of benzene rings is 1. The zero-order valence-electron chi connectivity index (χ0n) is 11.6. The molecule has 0 saturated carbocycles. The van der Waals surface area contributed by atoms with Crippen molar-refractivity contribution in [3.63, 3.8) is 0 Å². The number of para-hydroxylation sites is 2. The van der Waals surface area contributed by atoms with Crippen LogP contribution in [0.1, 0.15) is 10.4 Å². The number of aromatic hydroxyl groups is 1. The Hall–Kier alpha value is -2.56. The number of hydrogen-bond donors (Lipinski definition) is 1. The number of pyridine rings is 1. The third kappa shape index (κ3) is 2.81. The summed E-state index contributed by atoms with van der Waals surface area (Å²) in [6.45, 7) is 2.73. The van der Waals surface area contributed by atoms with Gasteiger partial charge in [0.2, 0.25) is 0 Å². The molecule has 1 aromatic heterocycles. The lowest BCUT2D eigenvalue weighted by Gasteiger charge is -2.36. The third-order valence-corrected chi connectivity index (χ3v) is 3.72. The highest BCUT2D eigenvalue weighted by atomic mass is 16.3. The molecule has 0 atom stereocenters. The van der Waals surface area contributed by atoms with Crippen LogP contribution >= 0.6 is 0 Å². The Labute approximate surface area is 123 Å². The maximum atomic E-state index is 12.3. The van der Waals surface area contributed by atoms with Crippen LogP contribution in [0, 0.1) is 0 Å². The summed E-state index contributed by atoms with van der Waals surface area (Å²) in [5, 5.41) is 9.89. The normalized spacial score (nSPS) is 15.0. The first-order chi connectivity index (χ1) is 10.3. The van der Waals surface area contributed by atoms with Crippen molar-refractivity contribution in [2.75, 3.05) is 31.1 Å². The molecule has 1 aliphatic rings. The molecule has 3 rings (SSSR count).